The molecule has 0 atom stereocenters. The minimum Gasteiger partial charge on any atom is -0.476 e. The van der Waals surface area contributed by atoms with E-state index in [0.717, 1.165) is 5.01 Å². The summed E-state index contributed by atoms with van der Waals surface area (Å²) in [6.45, 7) is -0.556. The van der Waals surface area contributed by atoms with Gasteiger partial charge in [-0.2, -0.15) is 0 Å². The van der Waals surface area contributed by atoms with E-state index in [1.54, 1.807) is 54.6 Å². The fourth-order valence-electron chi connectivity index (χ4n) is 3.30. The Morgan fingerprint density at radius 3 is 2.46 bits per heavy atom. The highest BCUT2D eigenvalue weighted by molar-refractivity contribution is 6.31. The van der Waals surface area contributed by atoms with Crippen LogP contribution in [0.25, 0.3) is 6.08 Å². The number of nitrogens with zero attached hydrogens (tertiary/aromatic N) is 2. The van der Waals surface area contributed by atoms with Gasteiger partial charge < -0.3 is 10.1 Å². The third kappa shape index (κ3) is 5.28. The Balaban J connectivity index is 1.59. The molecule has 1 fully saturated rings. The van der Waals surface area contributed by atoms with E-state index in [1.165, 1.54) is 24.3 Å². The van der Waals surface area contributed by atoms with Crippen molar-refractivity contribution >= 4 is 52.5 Å². The molecule has 35 heavy (non-hydrogen) atoms. The Hall–Kier alpha value is -4.70. The number of hydrogen-bond acceptors (Lipinski definition) is 6. The van der Waals surface area contributed by atoms with Gasteiger partial charge in [-0.25, -0.2) is 5.01 Å². The Morgan fingerprint density at radius 1 is 1.06 bits per heavy atom. The highest BCUT2D eigenvalue weighted by atomic mass is 35.5. The molecule has 1 aliphatic rings. The second kappa shape index (κ2) is 10.1. The zero-order valence-corrected chi connectivity index (χ0v) is 18.7. The number of carbonyl (C=O) groups excluding carboxylic acids is 3. The molecule has 0 saturated carbocycles. The van der Waals surface area contributed by atoms with Gasteiger partial charge in [-0.05, 0) is 42.5 Å². The van der Waals surface area contributed by atoms with Crippen LogP contribution in [-0.2, 0) is 14.4 Å². The molecular weight excluding hydrogens is 476 g/mol. The molecule has 1 aliphatic heterocycles. The topological polar surface area (TPSA) is 131 Å². The number of nitrogens with one attached hydrogen (secondary N) is 2. The average Bonchev–Trinajstić information content (AvgIpc) is 3.13. The van der Waals surface area contributed by atoms with E-state index in [9.17, 15) is 24.5 Å². The lowest BCUT2D eigenvalue weighted by atomic mass is 10.1. The van der Waals surface area contributed by atoms with Crippen LogP contribution in [0.4, 0.5) is 17.1 Å². The van der Waals surface area contributed by atoms with Gasteiger partial charge in [0.2, 0.25) is 5.75 Å². The average molecular weight is 493 g/mol. The summed E-state index contributed by atoms with van der Waals surface area (Å²) in [6, 6.07) is 18.8. The van der Waals surface area contributed by atoms with Crippen LogP contribution < -0.4 is 20.5 Å². The standard InChI is InChI=1S/C24H17ClN4O6/c25-16-9-11-17(12-10-16)26-21(30)14-35-22-15(5-4-8-20(22)29(33)34)13-19-23(31)27-28(24(19)32)18-6-2-1-3-7-18/h1-13H,14H2,(H,26,30)(H,27,31). The van der Waals surface area contributed by atoms with Gasteiger partial charge in [-0.15, -0.1) is 0 Å². The van der Waals surface area contributed by atoms with Crippen LogP contribution in [0.2, 0.25) is 5.02 Å². The summed E-state index contributed by atoms with van der Waals surface area (Å²) in [4.78, 5) is 48.6. The predicted octanol–water partition coefficient (Wildman–Crippen LogP) is 3.73. The van der Waals surface area contributed by atoms with E-state index < -0.39 is 34.9 Å². The number of carbonyl (C=O) groups is 3. The van der Waals surface area contributed by atoms with Gasteiger partial charge >= 0.3 is 5.69 Å². The summed E-state index contributed by atoms with van der Waals surface area (Å²) in [6.07, 6.45) is 1.19. The number of hydrogen-bond donors (Lipinski definition) is 2. The normalized spacial score (nSPS) is 14.1. The zero-order valence-electron chi connectivity index (χ0n) is 17.9. The molecule has 0 unspecified atom stereocenters. The van der Waals surface area contributed by atoms with Crippen molar-refractivity contribution in [3.05, 3.63) is 99.1 Å². The molecule has 0 spiro atoms. The third-order valence-electron chi connectivity index (χ3n) is 4.90. The smallest absolute Gasteiger partial charge is 0.311 e. The molecule has 176 valence electrons. The minimum atomic E-state index is -0.684. The largest absolute Gasteiger partial charge is 0.476 e. The number of para-hydroxylation sites is 2. The molecule has 2 N–H and O–H groups in total. The molecule has 11 heteroatoms. The fraction of sp³-hybridized carbons (Fsp3) is 0.0417. The van der Waals surface area contributed by atoms with E-state index in [0.29, 0.717) is 16.4 Å². The molecule has 4 rings (SSSR count). The van der Waals surface area contributed by atoms with Gasteiger partial charge in [0.1, 0.15) is 5.57 Å². The summed E-state index contributed by atoms with van der Waals surface area (Å²) in [5.74, 6) is -2.15. The van der Waals surface area contributed by atoms with Gasteiger partial charge in [0.25, 0.3) is 17.7 Å². The molecule has 10 nitrogen and oxygen atoms in total. The molecule has 3 aromatic rings. The number of anilines is 2. The second-order valence-corrected chi connectivity index (χ2v) is 7.71. The summed E-state index contributed by atoms with van der Waals surface area (Å²) in [5, 5.41) is 15.7. The Bertz CT molecular complexity index is 1340. The van der Waals surface area contributed by atoms with Crippen molar-refractivity contribution < 1.29 is 24.0 Å². The Morgan fingerprint density at radius 2 is 1.77 bits per heavy atom. The van der Waals surface area contributed by atoms with E-state index in [-0.39, 0.29) is 16.9 Å². The van der Waals surface area contributed by atoms with Gasteiger partial charge in [-0.1, -0.05) is 41.9 Å². The molecular formula is C24H17ClN4O6. The number of ether oxygens (including phenoxy) is 1. The lowest BCUT2D eigenvalue weighted by Crippen LogP contribution is -2.35. The van der Waals surface area contributed by atoms with Gasteiger partial charge in [0, 0.05) is 22.3 Å². The molecule has 1 heterocycles. The summed E-state index contributed by atoms with van der Waals surface area (Å²) in [5.41, 5.74) is 2.78. The Kier molecular flexibility index (Phi) is 6.74. The molecule has 0 aromatic heterocycles. The van der Waals surface area contributed by atoms with Crippen molar-refractivity contribution in [1.29, 1.82) is 0 Å². The molecule has 1 saturated heterocycles. The van der Waals surface area contributed by atoms with Crippen molar-refractivity contribution in [3.8, 4) is 5.75 Å². The fourth-order valence-corrected chi connectivity index (χ4v) is 3.42. The number of nitro groups is 1. The summed E-state index contributed by atoms with van der Waals surface area (Å²) in [7, 11) is 0. The van der Waals surface area contributed by atoms with Crippen LogP contribution in [0.1, 0.15) is 5.56 Å². The first-order chi connectivity index (χ1) is 16.8. The van der Waals surface area contributed by atoms with Crippen LogP contribution >= 0.6 is 11.6 Å². The number of amides is 3. The van der Waals surface area contributed by atoms with E-state index in [4.69, 9.17) is 16.3 Å². The van der Waals surface area contributed by atoms with Crippen LogP contribution in [-0.4, -0.2) is 29.3 Å². The van der Waals surface area contributed by atoms with Crippen molar-refractivity contribution in [3.63, 3.8) is 0 Å². The maximum atomic E-state index is 12.9. The highest BCUT2D eigenvalue weighted by Gasteiger charge is 2.35. The van der Waals surface area contributed by atoms with Crippen LogP contribution in [0.3, 0.4) is 0 Å². The molecule has 3 amide bonds. The maximum Gasteiger partial charge on any atom is 0.311 e. The predicted molar refractivity (Wildman–Crippen MR) is 129 cm³/mol. The minimum absolute atomic E-state index is 0.0897. The van der Waals surface area contributed by atoms with E-state index >= 15 is 0 Å². The number of benzene rings is 3. The summed E-state index contributed by atoms with van der Waals surface area (Å²) < 4.78 is 5.50. The lowest BCUT2D eigenvalue weighted by Gasteiger charge is -2.14. The van der Waals surface area contributed by atoms with Crippen LogP contribution in [0.15, 0.2) is 78.4 Å². The van der Waals surface area contributed by atoms with Gasteiger partial charge in [-0.3, -0.25) is 29.9 Å². The second-order valence-electron chi connectivity index (χ2n) is 7.27. The number of halogens is 1. The van der Waals surface area contributed by atoms with Crippen LogP contribution in [0.5, 0.6) is 5.75 Å². The van der Waals surface area contributed by atoms with Crippen LogP contribution in [0, 0.1) is 10.1 Å². The lowest BCUT2D eigenvalue weighted by molar-refractivity contribution is -0.385. The van der Waals surface area contributed by atoms with Crippen molar-refractivity contribution in [2.75, 3.05) is 16.9 Å². The third-order valence-corrected chi connectivity index (χ3v) is 5.15. The first-order valence-corrected chi connectivity index (χ1v) is 10.6. The molecule has 3 aromatic carbocycles. The van der Waals surface area contributed by atoms with Crippen molar-refractivity contribution in [2.24, 2.45) is 0 Å². The maximum absolute atomic E-state index is 12.9. The molecule has 0 radical (unpaired) electrons. The Labute approximate surface area is 203 Å². The number of nitro benzene ring substituents is 1. The monoisotopic (exact) mass is 492 g/mol. The molecule has 0 bridgehead atoms. The number of hydrazine groups is 1. The zero-order chi connectivity index (χ0) is 24.9. The highest BCUT2D eigenvalue weighted by Crippen LogP contribution is 2.33. The SMILES string of the molecule is O=C(COc1c(C=C2C(=O)NN(c3ccccc3)C2=O)cccc1[N+](=O)[O-])Nc1ccc(Cl)cc1. The van der Waals surface area contributed by atoms with E-state index in [1.807, 2.05) is 0 Å². The van der Waals surface area contributed by atoms with Crippen molar-refractivity contribution in [2.45, 2.75) is 0 Å². The first kappa shape index (κ1) is 23.5. The first-order valence-electron chi connectivity index (χ1n) is 10.2. The summed E-state index contributed by atoms with van der Waals surface area (Å²) >= 11 is 5.83. The molecule has 0 aliphatic carbocycles. The quantitative estimate of drug-likeness (QED) is 0.224. The number of rotatable bonds is 7. The van der Waals surface area contributed by atoms with Gasteiger partial charge in [0.05, 0.1) is 10.6 Å². The van der Waals surface area contributed by atoms with E-state index in [2.05, 4.69) is 10.7 Å². The van der Waals surface area contributed by atoms with Gasteiger partial charge in [0.15, 0.2) is 6.61 Å². The van der Waals surface area contributed by atoms with Crippen molar-refractivity contribution in [1.82, 2.24) is 5.43 Å².